The Bertz CT molecular complexity index is 1380. The van der Waals surface area contributed by atoms with Crippen molar-refractivity contribution in [2.24, 2.45) is 7.05 Å². The Morgan fingerprint density at radius 1 is 1.17 bits per heavy atom. The van der Waals surface area contributed by atoms with Crippen LogP contribution in [0.1, 0.15) is 32.3 Å². The Morgan fingerprint density at radius 2 is 1.92 bits per heavy atom. The van der Waals surface area contributed by atoms with Gasteiger partial charge in [-0.2, -0.15) is 4.31 Å². The van der Waals surface area contributed by atoms with Gasteiger partial charge >= 0.3 is 0 Å². The molecule has 0 spiro atoms. The quantitative estimate of drug-likeness (QED) is 0.400. The molecule has 1 N–H and O–H groups in total. The number of rotatable bonds is 10. The highest BCUT2D eigenvalue weighted by atomic mass is 35.5. The summed E-state index contributed by atoms with van der Waals surface area (Å²) < 4.78 is 36.2. The molecule has 11 heteroatoms. The van der Waals surface area contributed by atoms with Crippen molar-refractivity contribution in [2.45, 2.75) is 38.0 Å². The van der Waals surface area contributed by atoms with Crippen molar-refractivity contribution in [3.8, 4) is 17.1 Å². The summed E-state index contributed by atoms with van der Waals surface area (Å²) in [6, 6.07) is 4.77. The van der Waals surface area contributed by atoms with Gasteiger partial charge in [-0.3, -0.25) is 4.79 Å². The topological polar surface area (TPSA) is 101 Å². The third kappa shape index (κ3) is 5.32. The number of alkyl halides is 1. The molecule has 0 bridgehead atoms. The molecule has 2 aromatic heterocycles. The van der Waals surface area contributed by atoms with Crippen LogP contribution in [-0.4, -0.2) is 77.4 Å². The molecule has 1 aromatic carbocycles. The van der Waals surface area contributed by atoms with Gasteiger partial charge in [0, 0.05) is 45.3 Å². The van der Waals surface area contributed by atoms with E-state index in [1.165, 1.54) is 4.31 Å². The van der Waals surface area contributed by atoms with E-state index in [4.69, 9.17) is 21.3 Å². The van der Waals surface area contributed by atoms with Crippen LogP contribution in [0, 0.1) is 0 Å². The maximum atomic E-state index is 13.5. The molecule has 196 valence electrons. The average molecular weight is 536 g/mol. The van der Waals surface area contributed by atoms with Crippen LogP contribution in [-0.2, 0) is 23.5 Å². The molecular formula is C25H34ClN5O4S. The van der Waals surface area contributed by atoms with Gasteiger partial charge in [-0.1, -0.05) is 13.3 Å². The van der Waals surface area contributed by atoms with E-state index < -0.39 is 10.0 Å². The number of benzene rings is 1. The number of aromatic amines is 1. The summed E-state index contributed by atoms with van der Waals surface area (Å²) in [5.41, 5.74) is 2.28. The monoisotopic (exact) mass is 535 g/mol. The molecule has 0 atom stereocenters. The summed E-state index contributed by atoms with van der Waals surface area (Å²) in [6.07, 6.45) is 4.52. The number of H-pyrrole nitrogens is 1. The van der Waals surface area contributed by atoms with E-state index in [0.29, 0.717) is 66.8 Å². The first-order valence-electron chi connectivity index (χ1n) is 12.4. The van der Waals surface area contributed by atoms with Crippen molar-refractivity contribution in [3.05, 3.63) is 40.3 Å². The molecule has 0 amide bonds. The smallest absolute Gasteiger partial charge is 0.275 e. The average Bonchev–Trinajstić information content (AvgIpc) is 3.19. The fourth-order valence-electron chi connectivity index (χ4n) is 4.72. The summed E-state index contributed by atoms with van der Waals surface area (Å²) in [6.45, 7) is 7.35. The van der Waals surface area contributed by atoms with Crippen LogP contribution in [0.15, 0.2) is 34.1 Å². The van der Waals surface area contributed by atoms with Crippen LogP contribution < -0.4 is 10.3 Å². The fraction of sp³-hybridized carbons (Fsp3) is 0.520. The molecule has 9 nitrogen and oxygen atoms in total. The molecule has 1 aliphatic rings. The van der Waals surface area contributed by atoms with Gasteiger partial charge in [0.1, 0.15) is 17.1 Å². The number of halogens is 1. The maximum Gasteiger partial charge on any atom is 0.275 e. The van der Waals surface area contributed by atoms with E-state index in [1.54, 1.807) is 22.8 Å². The molecular weight excluding hydrogens is 502 g/mol. The van der Waals surface area contributed by atoms with E-state index in [2.05, 4.69) is 16.8 Å². The molecule has 4 rings (SSSR count). The third-order valence-corrected chi connectivity index (χ3v) is 8.67. The zero-order valence-electron chi connectivity index (χ0n) is 21.1. The second-order valence-corrected chi connectivity index (χ2v) is 11.3. The Balaban J connectivity index is 1.73. The number of ether oxygens (including phenoxy) is 1. The first-order valence-corrected chi connectivity index (χ1v) is 14.4. The van der Waals surface area contributed by atoms with Gasteiger partial charge in [0.05, 0.1) is 22.6 Å². The molecule has 1 saturated heterocycles. The number of piperazine rings is 1. The van der Waals surface area contributed by atoms with Crippen molar-refractivity contribution in [1.29, 1.82) is 0 Å². The van der Waals surface area contributed by atoms with Gasteiger partial charge in [0.2, 0.25) is 10.0 Å². The molecule has 3 aromatic rings. The van der Waals surface area contributed by atoms with Crippen LogP contribution >= 0.6 is 11.6 Å². The van der Waals surface area contributed by atoms with Crippen molar-refractivity contribution in [1.82, 2.24) is 23.7 Å². The fourth-order valence-corrected chi connectivity index (χ4v) is 6.29. The molecule has 36 heavy (non-hydrogen) atoms. The lowest BCUT2D eigenvalue weighted by Gasteiger charge is -2.33. The van der Waals surface area contributed by atoms with Gasteiger partial charge in [0.25, 0.3) is 5.56 Å². The number of sulfonamides is 1. The number of nitrogens with zero attached hydrogens (tertiary/aromatic N) is 4. The van der Waals surface area contributed by atoms with Gasteiger partial charge < -0.3 is 19.2 Å². The Labute approximate surface area is 217 Å². The van der Waals surface area contributed by atoms with Crippen LogP contribution in [0.25, 0.3) is 22.4 Å². The SMILES string of the molecule is CCCc1cn(C)c2c(=O)[nH]c(-c3cc(S(=O)(=O)N4CCN(CCCCl)CC4)ccc3OCC)nc12. The second-order valence-electron chi connectivity index (χ2n) is 9.01. The molecule has 1 fully saturated rings. The van der Waals surface area contributed by atoms with E-state index in [0.717, 1.165) is 31.4 Å². The van der Waals surface area contributed by atoms with Crippen molar-refractivity contribution >= 4 is 32.7 Å². The van der Waals surface area contributed by atoms with Crippen molar-refractivity contribution in [3.63, 3.8) is 0 Å². The predicted octanol–water partition coefficient (Wildman–Crippen LogP) is 3.22. The molecule has 3 heterocycles. The van der Waals surface area contributed by atoms with Crippen LogP contribution in [0.4, 0.5) is 0 Å². The Morgan fingerprint density at radius 3 is 2.58 bits per heavy atom. The zero-order valence-corrected chi connectivity index (χ0v) is 22.7. The van der Waals surface area contributed by atoms with Crippen LogP contribution in [0.2, 0.25) is 0 Å². The maximum absolute atomic E-state index is 13.5. The number of hydrogen-bond acceptors (Lipinski definition) is 6. The summed E-state index contributed by atoms with van der Waals surface area (Å²) in [4.78, 5) is 23.0. The number of fused-ring (bicyclic) bond motifs is 1. The standard InChI is InChI=1S/C25H34ClN5O4S/c1-4-7-18-17-29(3)23-22(18)27-24(28-25(23)32)20-16-19(8-9-21(20)35-5-2)36(33,34)31-14-12-30(13-15-31)11-6-10-26/h8-9,16-17H,4-7,10-15H2,1-3H3,(H,27,28,32). The predicted molar refractivity (Wildman–Crippen MR) is 142 cm³/mol. The molecule has 0 radical (unpaired) electrons. The first kappa shape index (κ1) is 26.7. The number of aromatic nitrogens is 3. The summed E-state index contributed by atoms with van der Waals surface area (Å²) in [7, 11) is -1.91. The highest BCUT2D eigenvalue weighted by Gasteiger charge is 2.29. The Hall–Kier alpha value is -2.40. The minimum atomic E-state index is -3.73. The number of aryl methyl sites for hydroxylation is 2. The first-order chi connectivity index (χ1) is 17.3. The van der Waals surface area contributed by atoms with Gasteiger partial charge in [-0.05, 0) is 50.1 Å². The van der Waals surface area contributed by atoms with E-state index in [1.807, 2.05) is 20.2 Å². The highest BCUT2D eigenvalue weighted by molar-refractivity contribution is 7.89. The lowest BCUT2D eigenvalue weighted by Crippen LogP contribution is -2.48. The van der Waals surface area contributed by atoms with Crippen molar-refractivity contribution in [2.75, 3.05) is 45.2 Å². The second kappa shape index (κ2) is 11.3. The van der Waals surface area contributed by atoms with E-state index in [9.17, 15) is 13.2 Å². The van der Waals surface area contributed by atoms with Crippen molar-refractivity contribution < 1.29 is 13.2 Å². The molecule has 0 saturated carbocycles. The van der Waals surface area contributed by atoms with Gasteiger partial charge in [-0.25, -0.2) is 13.4 Å². The van der Waals surface area contributed by atoms with Crippen LogP contribution in [0.3, 0.4) is 0 Å². The normalized spacial score (nSPS) is 15.6. The lowest BCUT2D eigenvalue weighted by molar-refractivity contribution is 0.189. The minimum absolute atomic E-state index is 0.153. The zero-order chi connectivity index (χ0) is 25.9. The lowest BCUT2D eigenvalue weighted by atomic mass is 10.1. The van der Waals surface area contributed by atoms with E-state index in [-0.39, 0.29) is 10.5 Å². The minimum Gasteiger partial charge on any atom is -0.493 e. The summed E-state index contributed by atoms with van der Waals surface area (Å²) >= 11 is 5.80. The third-order valence-electron chi connectivity index (χ3n) is 6.50. The summed E-state index contributed by atoms with van der Waals surface area (Å²) in [5.74, 6) is 1.36. The molecule has 0 aliphatic carbocycles. The van der Waals surface area contributed by atoms with Gasteiger partial charge in [0.15, 0.2) is 0 Å². The molecule has 0 unspecified atom stereocenters. The van der Waals surface area contributed by atoms with Gasteiger partial charge in [-0.15, -0.1) is 11.6 Å². The highest BCUT2D eigenvalue weighted by Crippen LogP contribution is 2.32. The number of nitrogens with one attached hydrogen (secondary N) is 1. The molecule has 1 aliphatic heterocycles. The van der Waals surface area contributed by atoms with Crippen LogP contribution in [0.5, 0.6) is 5.75 Å². The summed E-state index contributed by atoms with van der Waals surface area (Å²) in [5, 5.41) is 0. The Kier molecular flexibility index (Phi) is 8.39. The largest absolute Gasteiger partial charge is 0.493 e. The number of hydrogen-bond donors (Lipinski definition) is 1. The van der Waals surface area contributed by atoms with E-state index >= 15 is 0 Å².